The molecular formula is C11H21NO3. The lowest BCUT2D eigenvalue weighted by atomic mass is 9.94. The summed E-state index contributed by atoms with van der Waals surface area (Å²) in [6.07, 6.45) is 3.46. The van der Waals surface area contributed by atoms with Gasteiger partial charge in [0.2, 0.25) is 0 Å². The molecule has 2 N–H and O–H groups in total. The van der Waals surface area contributed by atoms with Crippen LogP contribution in [-0.4, -0.2) is 46.3 Å². The normalized spacial score (nSPS) is 27.3. The fraction of sp³-hybridized carbons (Fsp3) is 0.909. The van der Waals surface area contributed by atoms with E-state index < -0.39 is 11.6 Å². The van der Waals surface area contributed by atoms with Gasteiger partial charge < -0.3 is 10.2 Å². The zero-order valence-electron chi connectivity index (χ0n) is 9.57. The molecule has 0 aromatic rings. The van der Waals surface area contributed by atoms with Crippen LogP contribution in [0.15, 0.2) is 0 Å². The molecule has 1 aliphatic rings. The molecule has 1 aliphatic heterocycles. The molecule has 0 spiro atoms. The Labute approximate surface area is 90.9 Å². The first kappa shape index (κ1) is 12.5. The fourth-order valence-corrected chi connectivity index (χ4v) is 2.13. The highest BCUT2D eigenvalue weighted by molar-refractivity contribution is 5.76. The molecule has 2 atom stereocenters. The predicted molar refractivity (Wildman–Crippen MR) is 57.7 cm³/mol. The van der Waals surface area contributed by atoms with Crippen molar-refractivity contribution in [2.24, 2.45) is 5.92 Å². The van der Waals surface area contributed by atoms with E-state index in [0.29, 0.717) is 5.92 Å². The minimum atomic E-state index is -1.62. The zero-order valence-corrected chi connectivity index (χ0v) is 9.57. The first-order valence-corrected chi connectivity index (χ1v) is 5.64. The van der Waals surface area contributed by atoms with Crippen molar-refractivity contribution in [2.45, 2.75) is 38.7 Å². The van der Waals surface area contributed by atoms with Gasteiger partial charge in [0.25, 0.3) is 0 Å². The monoisotopic (exact) mass is 215 g/mol. The zero-order chi connectivity index (χ0) is 11.5. The van der Waals surface area contributed by atoms with Gasteiger partial charge in [-0.15, -0.1) is 0 Å². The number of hydrogen-bond donors (Lipinski definition) is 2. The van der Waals surface area contributed by atoms with Gasteiger partial charge in [0, 0.05) is 13.1 Å². The van der Waals surface area contributed by atoms with Gasteiger partial charge in [0.05, 0.1) is 0 Å². The molecule has 1 fully saturated rings. The van der Waals surface area contributed by atoms with E-state index in [1.54, 1.807) is 0 Å². The SMILES string of the molecule is CCC1CCCN(CC(C)(O)C(=O)O)C1. The van der Waals surface area contributed by atoms with E-state index in [1.807, 2.05) is 0 Å². The van der Waals surface area contributed by atoms with E-state index in [9.17, 15) is 9.90 Å². The van der Waals surface area contributed by atoms with Gasteiger partial charge in [0.1, 0.15) is 0 Å². The second kappa shape index (κ2) is 4.94. The number of carboxylic acids is 1. The molecule has 4 nitrogen and oxygen atoms in total. The topological polar surface area (TPSA) is 60.8 Å². The van der Waals surface area contributed by atoms with Crippen LogP contribution in [0.4, 0.5) is 0 Å². The molecule has 0 aliphatic carbocycles. The maximum atomic E-state index is 10.8. The van der Waals surface area contributed by atoms with Crippen molar-refractivity contribution in [3.8, 4) is 0 Å². The minimum absolute atomic E-state index is 0.235. The minimum Gasteiger partial charge on any atom is -0.479 e. The molecule has 0 radical (unpaired) electrons. The van der Waals surface area contributed by atoms with E-state index in [4.69, 9.17) is 5.11 Å². The smallest absolute Gasteiger partial charge is 0.336 e. The summed E-state index contributed by atoms with van der Waals surface area (Å²) in [5, 5.41) is 18.5. The Kier molecular flexibility index (Phi) is 4.11. The van der Waals surface area contributed by atoms with Crippen LogP contribution >= 0.6 is 0 Å². The molecule has 1 rings (SSSR count). The molecule has 1 heterocycles. The number of β-amino-alcohol motifs (C(OH)–C–C–N with tert-alkyl or cyclic N) is 1. The van der Waals surface area contributed by atoms with Gasteiger partial charge in [-0.1, -0.05) is 13.3 Å². The van der Waals surface area contributed by atoms with Crippen LogP contribution in [0.25, 0.3) is 0 Å². The van der Waals surface area contributed by atoms with Crippen molar-refractivity contribution >= 4 is 5.97 Å². The Morgan fingerprint density at radius 2 is 2.27 bits per heavy atom. The van der Waals surface area contributed by atoms with E-state index in [0.717, 1.165) is 25.9 Å². The van der Waals surface area contributed by atoms with Crippen molar-refractivity contribution in [3.05, 3.63) is 0 Å². The molecule has 15 heavy (non-hydrogen) atoms. The van der Waals surface area contributed by atoms with E-state index in [-0.39, 0.29) is 6.54 Å². The van der Waals surface area contributed by atoms with E-state index >= 15 is 0 Å². The van der Waals surface area contributed by atoms with Crippen LogP contribution in [0.3, 0.4) is 0 Å². The third kappa shape index (κ3) is 3.47. The first-order valence-electron chi connectivity index (χ1n) is 5.64. The van der Waals surface area contributed by atoms with Crippen molar-refractivity contribution in [1.82, 2.24) is 4.90 Å². The van der Waals surface area contributed by atoms with Crippen LogP contribution in [0.1, 0.15) is 33.1 Å². The van der Waals surface area contributed by atoms with Crippen LogP contribution in [0, 0.1) is 5.92 Å². The number of likely N-dealkylation sites (tertiary alicyclic amines) is 1. The summed E-state index contributed by atoms with van der Waals surface area (Å²) in [4.78, 5) is 12.8. The summed E-state index contributed by atoms with van der Waals surface area (Å²) in [6, 6.07) is 0. The lowest BCUT2D eigenvalue weighted by Crippen LogP contribution is -2.49. The number of nitrogens with zero attached hydrogens (tertiary/aromatic N) is 1. The third-order valence-electron chi connectivity index (χ3n) is 3.17. The molecule has 4 heteroatoms. The quantitative estimate of drug-likeness (QED) is 0.733. The largest absolute Gasteiger partial charge is 0.479 e. The number of hydrogen-bond acceptors (Lipinski definition) is 3. The maximum absolute atomic E-state index is 10.8. The summed E-state index contributed by atoms with van der Waals surface area (Å²) in [5.74, 6) is -0.482. The summed E-state index contributed by atoms with van der Waals surface area (Å²) in [6.45, 7) is 5.58. The van der Waals surface area contributed by atoms with Crippen molar-refractivity contribution in [1.29, 1.82) is 0 Å². The third-order valence-corrected chi connectivity index (χ3v) is 3.17. The van der Waals surface area contributed by atoms with Crippen molar-refractivity contribution in [3.63, 3.8) is 0 Å². The number of carbonyl (C=O) groups is 1. The molecule has 0 aromatic carbocycles. The standard InChI is InChI=1S/C11H21NO3/c1-3-9-5-4-6-12(7-9)8-11(2,15)10(13)14/h9,15H,3-8H2,1-2H3,(H,13,14). The fourth-order valence-electron chi connectivity index (χ4n) is 2.13. The van der Waals surface area contributed by atoms with Gasteiger partial charge in [-0.25, -0.2) is 4.79 Å². The summed E-state index contributed by atoms with van der Waals surface area (Å²) in [5.41, 5.74) is -1.62. The predicted octanol–water partition coefficient (Wildman–Crippen LogP) is 0.944. The molecule has 1 saturated heterocycles. The van der Waals surface area contributed by atoms with Crippen LogP contribution in [0.2, 0.25) is 0 Å². The van der Waals surface area contributed by atoms with Gasteiger partial charge in [0.15, 0.2) is 5.60 Å². The maximum Gasteiger partial charge on any atom is 0.336 e. The molecule has 0 bridgehead atoms. The molecule has 0 aromatic heterocycles. The van der Waals surface area contributed by atoms with Crippen molar-refractivity contribution in [2.75, 3.05) is 19.6 Å². The molecule has 0 saturated carbocycles. The van der Waals surface area contributed by atoms with Gasteiger partial charge in [-0.05, 0) is 32.2 Å². The Morgan fingerprint density at radius 1 is 1.60 bits per heavy atom. The summed E-state index contributed by atoms with van der Waals surface area (Å²) >= 11 is 0. The van der Waals surface area contributed by atoms with Gasteiger partial charge in [-0.2, -0.15) is 0 Å². The molecule has 0 amide bonds. The Hall–Kier alpha value is -0.610. The Bertz CT molecular complexity index is 228. The molecule has 88 valence electrons. The number of aliphatic hydroxyl groups is 1. The molecular weight excluding hydrogens is 194 g/mol. The van der Waals surface area contributed by atoms with Crippen LogP contribution < -0.4 is 0 Å². The Balaban J connectivity index is 2.47. The molecule has 2 unspecified atom stereocenters. The van der Waals surface area contributed by atoms with Crippen molar-refractivity contribution < 1.29 is 15.0 Å². The first-order chi connectivity index (χ1) is 6.95. The second-order valence-corrected chi connectivity index (χ2v) is 4.73. The average Bonchev–Trinajstić information content (AvgIpc) is 2.17. The van der Waals surface area contributed by atoms with E-state index in [1.165, 1.54) is 13.3 Å². The lowest BCUT2D eigenvalue weighted by molar-refractivity contribution is -0.158. The summed E-state index contributed by atoms with van der Waals surface area (Å²) in [7, 11) is 0. The van der Waals surface area contributed by atoms with Crippen LogP contribution in [-0.2, 0) is 4.79 Å². The number of aliphatic carboxylic acids is 1. The highest BCUT2D eigenvalue weighted by atomic mass is 16.4. The van der Waals surface area contributed by atoms with Gasteiger partial charge >= 0.3 is 5.97 Å². The lowest BCUT2D eigenvalue weighted by Gasteiger charge is -2.35. The second-order valence-electron chi connectivity index (χ2n) is 4.73. The highest BCUT2D eigenvalue weighted by Gasteiger charge is 2.33. The number of piperidine rings is 1. The summed E-state index contributed by atoms with van der Waals surface area (Å²) < 4.78 is 0. The van der Waals surface area contributed by atoms with Crippen LogP contribution in [0.5, 0.6) is 0 Å². The van der Waals surface area contributed by atoms with E-state index in [2.05, 4.69) is 11.8 Å². The Morgan fingerprint density at radius 3 is 2.80 bits per heavy atom. The average molecular weight is 215 g/mol. The highest BCUT2D eigenvalue weighted by Crippen LogP contribution is 2.20. The van der Waals surface area contributed by atoms with Gasteiger partial charge in [-0.3, -0.25) is 4.90 Å². The number of carboxylic acid groups (broad SMARTS) is 1. The number of rotatable bonds is 4.